The summed E-state index contributed by atoms with van der Waals surface area (Å²) >= 11 is 0. The summed E-state index contributed by atoms with van der Waals surface area (Å²) in [6.45, 7) is 0. The number of amides is 1. The molecular formula is C24H17F2N3O2. The second kappa shape index (κ2) is 7.36. The lowest BCUT2D eigenvalue weighted by molar-refractivity contribution is -0.117. The van der Waals surface area contributed by atoms with Crippen LogP contribution in [0.4, 0.5) is 14.5 Å². The van der Waals surface area contributed by atoms with Crippen LogP contribution < -0.4 is 4.90 Å². The van der Waals surface area contributed by atoms with Crippen molar-refractivity contribution in [3.8, 4) is 0 Å². The molecule has 1 aromatic heterocycles. The molecule has 0 bridgehead atoms. The van der Waals surface area contributed by atoms with E-state index in [9.17, 15) is 9.18 Å². The lowest BCUT2D eigenvalue weighted by Gasteiger charge is -2.28. The number of halogens is 2. The number of aromatic nitrogens is 2. The molecule has 0 spiro atoms. The average molecular weight is 417 g/mol. The third kappa shape index (κ3) is 2.97. The molecule has 5 rings (SSSR count). The van der Waals surface area contributed by atoms with Gasteiger partial charge in [-0.15, -0.1) is 0 Å². The van der Waals surface area contributed by atoms with Crippen molar-refractivity contribution < 1.29 is 18.3 Å². The molecule has 5 nitrogen and oxygen atoms in total. The molecule has 0 fully saturated rings. The quantitative estimate of drug-likeness (QED) is 0.509. The van der Waals surface area contributed by atoms with Gasteiger partial charge >= 0.3 is 0 Å². The molecule has 1 amide bonds. The highest BCUT2D eigenvalue weighted by Gasteiger charge is 2.44. The fraction of sp³-hybridized carbons (Fsp3) is 0.0833. The van der Waals surface area contributed by atoms with Crippen LogP contribution in [0, 0.1) is 11.6 Å². The molecule has 0 saturated heterocycles. The highest BCUT2D eigenvalue weighted by molar-refractivity contribution is 6.16. The van der Waals surface area contributed by atoms with Crippen LogP contribution in [0.15, 0.2) is 78.8 Å². The maximum atomic E-state index is 15.0. The van der Waals surface area contributed by atoms with E-state index >= 15 is 4.39 Å². The summed E-state index contributed by atoms with van der Waals surface area (Å²) in [5, 5.41) is 0. The number of methoxy groups -OCH3 is 1. The van der Waals surface area contributed by atoms with Crippen molar-refractivity contribution in [1.82, 2.24) is 9.97 Å². The molecule has 154 valence electrons. The summed E-state index contributed by atoms with van der Waals surface area (Å²) in [4.78, 5) is 22.1. The lowest BCUT2D eigenvalue weighted by Crippen LogP contribution is -2.31. The van der Waals surface area contributed by atoms with E-state index in [1.165, 1.54) is 24.1 Å². The van der Waals surface area contributed by atoms with Crippen molar-refractivity contribution in [3.63, 3.8) is 0 Å². The van der Waals surface area contributed by atoms with Crippen LogP contribution in [-0.2, 0) is 9.53 Å². The Labute approximate surface area is 176 Å². The van der Waals surface area contributed by atoms with Crippen LogP contribution in [0.3, 0.4) is 0 Å². The van der Waals surface area contributed by atoms with Gasteiger partial charge in [0.15, 0.2) is 17.4 Å². The second-order valence-electron chi connectivity index (χ2n) is 7.14. The SMILES string of the molecule is COC1=C(c2ccccc2)C(c2cccc(F)c2F)N(c2ccc3nc[nH]c3c2)C1=O. The smallest absolute Gasteiger partial charge is 0.294 e. The third-order valence-corrected chi connectivity index (χ3v) is 5.44. The first-order valence-electron chi connectivity index (χ1n) is 9.64. The molecule has 1 aliphatic rings. The fourth-order valence-corrected chi connectivity index (χ4v) is 4.07. The Kier molecular flexibility index (Phi) is 4.51. The van der Waals surface area contributed by atoms with Crippen LogP contribution in [0.25, 0.3) is 16.6 Å². The number of anilines is 1. The van der Waals surface area contributed by atoms with Crippen LogP contribution in [-0.4, -0.2) is 23.0 Å². The molecule has 1 aliphatic heterocycles. The summed E-state index contributed by atoms with van der Waals surface area (Å²) in [6, 6.07) is 17.4. The van der Waals surface area contributed by atoms with Crippen LogP contribution in [0.5, 0.6) is 0 Å². The maximum absolute atomic E-state index is 15.0. The fourth-order valence-electron chi connectivity index (χ4n) is 4.07. The molecule has 1 atom stereocenters. The Hall–Kier alpha value is -4.00. The predicted molar refractivity (Wildman–Crippen MR) is 113 cm³/mol. The van der Waals surface area contributed by atoms with Gasteiger partial charge in [0.05, 0.1) is 30.5 Å². The van der Waals surface area contributed by atoms with Gasteiger partial charge in [0.25, 0.3) is 5.91 Å². The largest absolute Gasteiger partial charge is 0.491 e. The number of aromatic amines is 1. The van der Waals surface area contributed by atoms with Gasteiger partial charge in [-0.1, -0.05) is 42.5 Å². The van der Waals surface area contributed by atoms with Crippen LogP contribution in [0.1, 0.15) is 17.2 Å². The van der Waals surface area contributed by atoms with Crippen molar-refractivity contribution in [1.29, 1.82) is 0 Å². The monoisotopic (exact) mass is 417 g/mol. The van der Waals surface area contributed by atoms with E-state index in [4.69, 9.17) is 4.74 Å². The number of H-pyrrole nitrogens is 1. The van der Waals surface area contributed by atoms with Crippen LogP contribution >= 0.6 is 0 Å². The molecule has 4 aromatic rings. The number of imidazole rings is 1. The Morgan fingerprint density at radius 1 is 1.03 bits per heavy atom. The molecule has 31 heavy (non-hydrogen) atoms. The van der Waals surface area contributed by atoms with Crippen molar-refractivity contribution >= 4 is 28.2 Å². The molecule has 1 unspecified atom stereocenters. The minimum Gasteiger partial charge on any atom is -0.491 e. The number of nitrogens with zero attached hydrogens (tertiary/aromatic N) is 2. The number of nitrogens with one attached hydrogen (secondary N) is 1. The molecule has 0 radical (unpaired) electrons. The van der Waals surface area contributed by atoms with E-state index in [1.807, 2.05) is 30.3 Å². The zero-order valence-corrected chi connectivity index (χ0v) is 16.5. The highest BCUT2D eigenvalue weighted by atomic mass is 19.2. The summed E-state index contributed by atoms with van der Waals surface area (Å²) in [5.41, 5.74) is 3.16. The van der Waals surface area contributed by atoms with Crippen LogP contribution in [0.2, 0.25) is 0 Å². The van der Waals surface area contributed by atoms with Gasteiger partial charge in [0.1, 0.15) is 0 Å². The Bertz CT molecular complexity index is 1330. The standard InChI is InChI=1S/C24H17F2N3O2/c1-31-23-20(14-6-3-2-4-7-14)22(16-8-5-9-17(25)21(16)26)29(24(23)30)15-10-11-18-19(12-15)28-13-27-18/h2-13,22H,1H3,(H,27,28). The number of hydrogen-bond acceptors (Lipinski definition) is 3. The zero-order chi connectivity index (χ0) is 21.5. The number of ether oxygens (including phenoxy) is 1. The minimum absolute atomic E-state index is 0.0453. The molecule has 0 aliphatic carbocycles. The molecule has 7 heteroatoms. The van der Waals surface area contributed by atoms with E-state index < -0.39 is 23.6 Å². The summed E-state index contributed by atoms with van der Waals surface area (Å²) in [7, 11) is 1.40. The van der Waals surface area contributed by atoms with Gasteiger partial charge in [-0.05, 0) is 29.8 Å². The van der Waals surface area contributed by atoms with Crippen molar-refractivity contribution in [2.45, 2.75) is 6.04 Å². The van der Waals surface area contributed by atoms with E-state index in [0.717, 1.165) is 17.1 Å². The van der Waals surface area contributed by atoms with Crippen molar-refractivity contribution in [2.24, 2.45) is 0 Å². The predicted octanol–water partition coefficient (Wildman–Crippen LogP) is 4.99. The highest BCUT2D eigenvalue weighted by Crippen LogP contribution is 2.47. The second-order valence-corrected chi connectivity index (χ2v) is 7.14. The average Bonchev–Trinajstić information content (AvgIpc) is 3.37. The zero-order valence-electron chi connectivity index (χ0n) is 16.5. The van der Waals surface area contributed by atoms with Gasteiger partial charge in [-0.2, -0.15) is 0 Å². The number of carbonyl (C=O) groups excluding carboxylic acids is 1. The van der Waals surface area contributed by atoms with Gasteiger partial charge < -0.3 is 9.72 Å². The topological polar surface area (TPSA) is 58.2 Å². The number of benzene rings is 3. The Morgan fingerprint density at radius 2 is 1.84 bits per heavy atom. The lowest BCUT2D eigenvalue weighted by atomic mass is 9.93. The normalized spacial score (nSPS) is 16.4. The molecule has 2 heterocycles. The maximum Gasteiger partial charge on any atom is 0.294 e. The first-order chi connectivity index (χ1) is 15.1. The van der Waals surface area contributed by atoms with Crippen molar-refractivity contribution in [3.05, 3.63) is 102 Å². The van der Waals surface area contributed by atoms with E-state index in [1.54, 1.807) is 24.5 Å². The van der Waals surface area contributed by atoms with E-state index in [2.05, 4.69) is 9.97 Å². The van der Waals surface area contributed by atoms with E-state index in [0.29, 0.717) is 16.8 Å². The molecular weight excluding hydrogens is 400 g/mol. The number of hydrogen-bond donors (Lipinski definition) is 1. The first kappa shape index (κ1) is 19.0. The molecule has 3 aromatic carbocycles. The van der Waals surface area contributed by atoms with E-state index in [-0.39, 0.29) is 11.3 Å². The summed E-state index contributed by atoms with van der Waals surface area (Å²) < 4.78 is 34.7. The van der Waals surface area contributed by atoms with Crippen molar-refractivity contribution in [2.75, 3.05) is 12.0 Å². The molecule has 1 N–H and O–H groups in total. The van der Waals surface area contributed by atoms with Gasteiger partial charge in [0.2, 0.25) is 0 Å². The Balaban J connectivity index is 1.77. The van der Waals surface area contributed by atoms with Gasteiger partial charge in [-0.25, -0.2) is 13.8 Å². The Morgan fingerprint density at radius 3 is 2.61 bits per heavy atom. The number of carbonyl (C=O) groups is 1. The summed E-state index contributed by atoms with van der Waals surface area (Å²) in [6.07, 6.45) is 1.55. The third-order valence-electron chi connectivity index (χ3n) is 5.44. The minimum atomic E-state index is -1.00. The number of rotatable bonds is 4. The summed E-state index contributed by atoms with van der Waals surface area (Å²) in [5.74, 6) is -2.33. The molecule has 0 saturated carbocycles. The van der Waals surface area contributed by atoms with Gasteiger partial charge in [-0.3, -0.25) is 9.69 Å². The number of fused-ring (bicyclic) bond motifs is 1. The van der Waals surface area contributed by atoms with Gasteiger partial charge in [0, 0.05) is 16.8 Å². The first-order valence-corrected chi connectivity index (χ1v) is 9.64.